The fourth-order valence-corrected chi connectivity index (χ4v) is 2.10. The van der Waals surface area contributed by atoms with E-state index in [2.05, 4.69) is 10.3 Å². The number of nitrogen functional groups attached to an aromatic ring is 1. The standard InChI is InChI=1S/C11H7Cl3FN3/c12-7-1-5(15)2-8(13)10(7)18-11-9(14)3-6(16)4-17-11/h1-4H,16H2,(H,17,18). The lowest BCUT2D eigenvalue weighted by molar-refractivity contribution is 0.628. The van der Waals surface area contributed by atoms with Gasteiger partial charge in [-0.15, -0.1) is 0 Å². The number of anilines is 3. The van der Waals surface area contributed by atoms with Crippen LogP contribution in [0.1, 0.15) is 0 Å². The van der Waals surface area contributed by atoms with Crippen LogP contribution in [0.25, 0.3) is 0 Å². The average molecular weight is 307 g/mol. The van der Waals surface area contributed by atoms with Crippen LogP contribution < -0.4 is 11.1 Å². The van der Waals surface area contributed by atoms with Crippen molar-refractivity contribution in [2.75, 3.05) is 11.1 Å². The maximum Gasteiger partial charge on any atom is 0.149 e. The Hall–Kier alpha value is -1.23. The summed E-state index contributed by atoms with van der Waals surface area (Å²) in [6, 6.07) is 3.81. The number of rotatable bonds is 2. The van der Waals surface area contributed by atoms with Crippen molar-refractivity contribution in [3.05, 3.63) is 45.3 Å². The molecule has 0 saturated carbocycles. The van der Waals surface area contributed by atoms with Gasteiger partial charge in [0.25, 0.3) is 0 Å². The third kappa shape index (κ3) is 2.77. The molecule has 0 aliphatic carbocycles. The number of nitrogens with zero attached hydrogens (tertiary/aromatic N) is 1. The first-order valence-corrected chi connectivity index (χ1v) is 5.93. The Morgan fingerprint density at radius 1 is 1.06 bits per heavy atom. The van der Waals surface area contributed by atoms with Gasteiger partial charge in [0.1, 0.15) is 11.6 Å². The highest BCUT2D eigenvalue weighted by molar-refractivity contribution is 6.39. The van der Waals surface area contributed by atoms with E-state index in [-0.39, 0.29) is 10.0 Å². The lowest BCUT2D eigenvalue weighted by Crippen LogP contribution is -1.98. The third-order valence-corrected chi connectivity index (χ3v) is 3.00. The van der Waals surface area contributed by atoms with Crippen LogP contribution in [0.3, 0.4) is 0 Å². The molecule has 1 aromatic heterocycles. The summed E-state index contributed by atoms with van der Waals surface area (Å²) in [7, 11) is 0. The molecular weight excluding hydrogens is 299 g/mol. The minimum absolute atomic E-state index is 0.134. The Balaban J connectivity index is 2.40. The Labute approximate surface area is 118 Å². The lowest BCUT2D eigenvalue weighted by atomic mass is 10.3. The number of pyridine rings is 1. The monoisotopic (exact) mass is 305 g/mol. The van der Waals surface area contributed by atoms with Crippen molar-refractivity contribution in [1.82, 2.24) is 4.98 Å². The lowest BCUT2D eigenvalue weighted by Gasteiger charge is -2.11. The van der Waals surface area contributed by atoms with Crippen LogP contribution in [-0.4, -0.2) is 4.98 Å². The van der Waals surface area contributed by atoms with Crippen LogP contribution in [0.2, 0.25) is 15.1 Å². The van der Waals surface area contributed by atoms with Gasteiger partial charge in [-0.1, -0.05) is 34.8 Å². The number of hydrogen-bond donors (Lipinski definition) is 2. The summed E-state index contributed by atoms with van der Waals surface area (Å²) < 4.78 is 13.0. The van der Waals surface area contributed by atoms with Crippen LogP contribution >= 0.6 is 34.8 Å². The quantitative estimate of drug-likeness (QED) is 0.858. The number of halogens is 4. The van der Waals surface area contributed by atoms with Gasteiger partial charge in [0.05, 0.1) is 32.6 Å². The fraction of sp³-hybridized carbons (Fsp3) is 0. The van der Waals surface area contributed by atoms with Gasteiger partial charge in [-0.3, -0.25) is 0 Å². The van der Waals surface area contributed by atoms with E-state index in [0.29, 0.717) is 22.2 Å². The van der Waals surface area contributed by atoms with Gasteiger partial charge in [0.2, 0.25) is 0 Å². The van der Waals surface area contributed by atoms with E-state index in [1.165, 1.54) is 12.3 Å². The van der Waals surface area contributed by atoms with E-state index >= 15 is 0 Å². The summed E-state index contributed by atoms with van der Waals surface area (Å²) in [6.45, 7) is 0. The van der Waals surface area contributed by atoms with Crippen molar-refractivity contribution >= 4 is 52.0 Å². The van der Waals surface area contributed by atoms with Crippen LogP contribution in [0, 0.1) is 5.82 Å². The van der Waals surface area contributed by atoms with E-state index in [0.717, 1.165) is 12.1 Å². The molecule has 0 radical (unpaired) electrons. The zero-order valence-electron chi connectivity index (χ0n) is 8.85. The number of nitrogens with one attached hydrogen (secondary N) is 1. The van der Waals surface area contributed by atoms with E-state index in [1.54, 1.807) is 0 Å². The molecule has 0 unspecified atom stereocenters. The number of aromatic nitrogens is 1. The Morgan fingerprint density at radius 2 is 1.67 bits per heavy atom. The zero-order chi connectivity index (χ0) is 13.3. The van der Waals surface area contributed by atoms with Crippen molar-refractivity contribution in [3.63, 3.8) is 0 Å². The van der Waals surface area contributed by atoms with Gasteiger partial charge in [-0.05, 0) is 18.2 Å². The Kier molecular flexibility index (Phi) is 3.80. The molecule has 1 heterocycles. The molecule has 3 nitrogen and oxygen atoms in total. The van der Waals surface area contributed by atoms with Crippen molar-refractivity contribution in [3.8, 4) is 0 Å². The Morgan fingerprint density at radius 3 is 2.22 bits per heavy atom. The van der Waals surface area contributed by atoms with E-state index in [1.807, 2.05) is 0 Å². The minimum Gasteiger partial charge on any atom is -0.397 e. The van der Waals surface area contributed by atoms with Crippen LogP contribution in [0.15, 0.2) is 24.4 Å². The summed E-state index contributed by atoms with van der Waals surface area (Å²) in [5.41, 5.74) is 6.29. The molecule has 94 valence electrons. The molecule has 1 aromatic carbocycles. The fourth-order valence-electron chi connectivity index (χ4n) is 1.32. The molecule has 18 heavy (non-hydrogen) atoms. The zero-order valence-corrected chi connectivity index (χ0v) is 11.1. The van der Waals surface area contributed by atoms with E-state index < -0.39 is 5.82 Å². The highest BCUT2D eigenvalue weighted by Crippen LogP contribution is 2.35. The number of nitrogens with two attached hydrogens (primary N) is 1. The predicted octanol–water partition coefficient (Wildman–Crippen LogP) is 4.51. The minimum atomic E-state index is -0.521. The second-order valence-corrected chi connectivity index (χ2v) is 4.69. The molecule has 2 rings (SSSR count). The predicted molar refractivity (Wildman–Crippen MR) is 73.4 cm³/mol. The molecule has 3 N–H and O–H groups in total. The maximum atomic E-state index is 13.0. The van der Waals surface area contributed by atoms with Crippen molar-refractivity contribution < 1.29 is 4.39 Å². The van der Waals surface area contributed by atoms with Crippen LogP contribution in [0.5, 0.6) is 0 Å². The van der Waals surface area contributed by atoms with Gasteiger partial charge in [0.15, 0.2) is 0 Å². The van der Waals surface area contributed by atoms with Gasteiger partial charge in [-0.2, -0.15) is 0 Å². The SMILES string of the molecule is Nc1cnc(Nc2c(Cl)cc(F)cc2Cl)c(Cl)c1. The molecule has 0 fully saturated rings. The van der Waals surface area contributed by atoms with Gasteiger partial charge >= 0.3 is 0 Å². The summed E-state index contributed by atoms with van der Waals surface area (Å²) in [4.78, 5) is 4.00. The molecule has 7 heteroatoms. The normalized spacial score (nSPS) is 10.4. The van der Waals surface area contributed by atoms with Crippen molar-refractivity contribution in [2.45, 2.75) is 0 Å². The van der Waals surface area contributed by atoms with Crippen molar-refractivity contribution in [1.29, 1.82) is 0 Å². The highest BCUT2D eigenvalue weighted by Gasteiger charge is 2.11. The van der Waals surface area contributed by atoms with Gasteiger partial charge in [0, 0.05) is 0 Å². The van der Waals surface area contributed by atoms with Gasteiger partial charge < -0.3 is 11.1 Å². The first-order valence-electron chi connectivity index (χ1n) is 4.80. The average Bonchev–Trinajstić information content (AvgIpc) is 2.25. The molecule has 0 aliphatic heterocycles. The summed E-state index contributed by atoms with van der Waals surface area (Å²) >= 11 is 17.7. The second-order valence-electron chi connectivity index (χ2n) is 3.47. The molecule has 0 amide bonds. The molecule has 2 aromatic rings. The number of benzene rings is 1. The van der Waals surface area contributed by atoms with E-state index in [4.69, 9.17) is 40.5 Å². The highest BCUT2D eigenvalue weighted by atomic mass is 35.5. The molecule has 0 aliphatic rings. The largest absolute Gasteiger partial charge is 0.397 e. The Bertz CT molecular complexity index is 581. The summed E-state index contributed by atoms with van der Waals surface area (Å²) in [6.07, 6.45) is 1.43. The topological polar surface area (TPSA) is 50.9 Å². The molecule has 0 atom stereocenters. The first-order chi connectivity index (χ1) is 8.47. The summed E-state index contributed by atoms with van der Waals surface area (Å²) in [5.74, 6) is -0.187. The third-order valence-electron chi connectivity index (χ3n) is 2.11. The maximum absolute atomic E-state index is 13.0. The smallest absolute Gasteiger partial charge is 0.149 e. The summed E-state index contributed by atoms with van der Waals surface area (Å²) in [5, 5.41) is 3.41. The number of hydrogen-bond acceptors (Lipinski definition) is 3. The second kappa shape index (κ2) is 5.18. The molecular formula is C11H7Cl3FN3. The van der Waals surface area contributed by atoms with Crippen LogP contribution in [0.4, 0.5) is 21.6 Å². The molecule has 0 bridgehead atoms. The van der Waals surface area contributed by atoms with E-state index in [9.17, 15) is 4.39 Å². The first kappa shape index (κ1) is 13.2. The molecule has 0 spiro atoms. The van der Waals surface area contributed by atoms with Crippen LogP contribution in [-0.2, 0) is 0 Å². The van der Waals surface area contributed by atoms with Gasteiger partial charge in [-0.25, -0.2) is 9.37 Å². The van der Waals surface area contributed by atoms with Crippen molar-refractivity contribution in [2.24, 2.45) is 0 Å². The molecule has 0 saturated heterocycles.